The zero-order valence-electron chi connectivity index (χ0n) is 7.77. The van der Waals surface area contributed by atoms with E-state index in [0.29, 0.717) is 5.69 Å². The van der Waals surface area contributed by atoms with Crippen molar-refractivity contribution >= 4 is 5.97 Å². The predicted molar refractivity (Wildman–Crippen MR) is 54.9 cm³/mol. The predicted octanol–water partition coefficient (Wildman–Crippen LogP) is 2.09. The Hall–Kier alpha value is -2.23. The first-order chi connectivity index (χ1) is 7.16. The van der Waals surface area contributed by atoms with E-state index in [0.717, 1.165) is 5.56 Å². The highest BCUT2D eigenvalue weighted by Crippen LogP contribution is 2.22. The van der Waals surface area contributed by atoms with Crippen LogP contribution in [0.1, 0.15) is 10.5 Å². The highest BCUT2D eigenvalue weighted by molar-refractivity contribution is 5.86. The second-order valence-electron chi connectivity index (χ2n) is 3.14. The number of aromatic amines is 1. The fourth-order valence-electron chi connectivity index (χ4n) is 1.36. The molecule has 0 atom stereocenters. The number of nitrogens with one attached hydrogen (secondary N) is 1. The molecule has 2 rings (SSSR count). The van der Waals surface area contributed by atoms with Crippen LogP contribution in [0.4, 0.5) is 0 Å². The van der Waals surface area contributed by atoms with E-state index in [1.165, 1.54) is 6.07 Å². The summed E-state index contributed by atoms with van der Waals surface area (Å²) in [5.41, 5.74) is 1.55. The van der Waals surface area contributed by atoms with Gasteiger partial charge in [0.2, 0.25) is 0 Å². The number of aromatic nitrogens is 1. The summed E-state index contributed by atoms with van der Waals surface area (Å²) >= 11 is 0. The first-order valence-corrected chi connectivity index (χ1v) is 4.38. The fraction of sp³-hybridized carbons (Fsp3) is 0. The number of phenols is 1. The molecule has 1 aromatic heterocycles. The molecule has 3 N–H and O–H groups in total. The Morgan fingerprint density at radius 1 is 1.20 bits per heavy atom. The number of hydrogen-bond donors (Lipinski definition) is 3. The molecular formula is C11H9NO3. The van der Waals surface area contributed by atoms with Crippen molar-refractivity contribution in [3.63, 3.8) is 0 Å². The lowest BCUT2D eigenvalue weighted by atomic mass is 10.1. The van der Waals surface area contributed by atoms with Gasteiger partial charge in [-0.2, -0.15) is 0 Å². The van der Waals surface area contributed by atoms with Gasteiger partial charge in [0.1, 0.15) is 11.4 Å². The van der Waals surface area contributed by atoms with Gasteiger partial charge in [0.15, 0.2) is 0 Å². The quantitative estimate of drug-likeness (QED) is 0.699. The van der Waals surface area contributed by atoms with Gasteiger partial charge >= 0.3 is 5.97 Å². The van der Waals surface area contributed by atoms with Crippen LogP contribution < -0.4 is 0 Å². The summed E-state index contributed by atoms with van der Waals surface area (Å²) in [5.74, 6) is -0.847. The van der Waals surface area contributed by atoms with Gasteiger partial charge in [0, 0.05) is 11.3 Å². The van der Waals surface area contributed by atoms with E-state index in [2.05, 4.69) is 4.98 Å². The minimum atomic E-state index is -0.999. The Labute approximate surface area is 85.8 Å². The lowest BCUT2D eigenvalue weighted by Crippen LogP contribution is -1.95. The van der Waals surface area contributed by atoms with Gasteiger partial charge in [0.05, 0.1) is 0 Å². The lowest BCUT2D eigenvalue weighted by Gasteiger charge is -1.98. The van der Waals surface area contributed by atoms with E-state index in [4.69, 9.17) is 5.11 Å². The van der Waals surface area contributed by atoms with Gasteiger partial charge < -0.3 is 15.2 Å². The maximum absolute atomic E-state index is 10.6. The molecule has 0 aliphatic rings. The van der Waals surface area contributed by atoms with Gasteiger partial charge in [-0.15, -0.1) is 0 Å². The SMILES string of the molecule is O=C(O)c1ccc(-c2cccc(O)c2)[nH]1. The molecule has 0 spiro atoms. The van der Waals surface area contributed by atoms with Gasteiger partial charge in [-0.3, -0.25) is 0 Å². The molecule has 4 nitrogen and oxygen atoms in total. The summed E-state index contributed by atoms with van der Waals surface area (Å²) in [7, 11) is 0. The van der Waals surface area contributed by atoms with Crippen LogP contribution >= 0.6 is 0 Å². The summed E-state index contributed by atoms with van der Waals surface area (Å²) < 4.78 is 0. The highest BCUT2D eigenvalue weighted by Gasteiger charge is 2.06. The maximum atomic E-state index is 10.6. The van der Waals surface area contributed by atoms with Crippen LogP contribution in [0, 0.1) is 0 Å². The van der Waals surface area contributed by atoms with E-state index < -0.39 is 5.97 Å². The number of H-pyrrole nitrogens is 1. The van der Waals surface area contributed by atoms with E-state index in [9.17, 15) is 9.90 Å². The molecule has 1 aromatic carbocycles. The molecule has 4 heteroatoms. The number of aromatic carboxylic acids is 1. The molecule has 0 fully saturated rings. The van der Waals surface area contributed by atoms with Crippen LogP contribution in [-0.4, -0.2) is 21.2 Å². The third-order valence-electron chi connectivity index (χ3n) is 2.07. The number of carboxylic acid groups (broad SMARTS) is 1. The maximum Gasteiger partial charge on any atom is 0.352 e. The largest absolute Gasteiger partial charge is 0.508 e. The second kappa shape index (κ2) is 3.49. The average molecular weight is 203 g/mol. The third kappa shape index (κ3) is 1.83. The van der Waals surface area contributed by atoms with Crippen molar-refractivity contribution in [1.82, 2.24) is 4.98 Å². The molecule has 1 heterocycles. The summed E-state index contributed by atoms with van der Waals surface area (Å²) in [4.78, 5) is 13.4. The number of carbonyl (C=O) groups is 1. The number of rotatable bonds is 2. The van der Waals surface area contributed by atoms with Crippen molar-refractivity contribution in [2.75, 3.05) is 0 Å². The van der Waals surface area contributed by atoms with Crippen molar-refractivity contribution in [1.29, 1.82) is 0 Å². The van der Waals surface area contributed by atoms with Crippen molar-refractivity contribution in [3.05, 3.63) is 42.1 Å². The van der Waals surface area contributed by atoms with Crippen molar-refractivity contribution < 1.29 is 15.0 Å². The van der Waals surface area contributed by atoms with Crippen LogP contribution in [0.5, 0.6) is 5.75 Å². The minimum Gasteiger partial charge on any atom is -0.508 e. The fourth-order valence-corrected chi connectivity index (χ4v) is 1.36. The Bertz CT molecular complexity index is 502. The monoisotopic (exact) mass is 203 g/mol. The summed E-state index contributed by atoms with van der Waals surface area (Å²) in [6.45, 7) is 0. The molecular weight excluding hydrogens is 194 g/mol. The van der Waals surface area contributed by atoms with Gasteiger partial charge in [0.25, 0.3) is 0 Å². The first kappa shape index (κ1) is 9.33. The number of carboxylic acids is 1. The molecule has 0 saturated heterocycles. The Morgan fingerprint density at radius 2 is 2.00 bits per heavy atom. The molecule has 0 unspecified atom stereocenters. The van der Waals surface area contributed by atoms with E-state index in [-0.39, 0.29) is 11.4 Å². The van der Waals surface area contributed by atoms with E-state index >= 15 is 0 Å². The number of aromatic hydroxyl groups is 1. The van der Waals surface area contributed by atoms with Crippen molar-refractivity contribution in [2.24, 2.45) is 0 Å². The number of benzene rings is 1. The summed E-state index contributed by atoms with van der Waals surface area (Å²) in [6, 6.07) is 9.77. The van der Waals surface area contributed by atoms with Gasteiger partial charge in [-0.1, -0.05) is 12.1 Å². The van der Waals surface area contributed by atoms with E-state index in [1.807, 2.05) is 0 Å². The molecule has 76 valence electrons. The smallest absolute Gasteiger partial charge is 0.352 e. The number of hydrogen-bond acceptors (Lipinski definition) is 2. The zero-order chi connectivity index (χ0) is 10.8. The van der Waals surface area contributed by atoms with Gasteiger partial charge in [-0.25, -0.2) is 4.79 Å². The van der Waals surface area contributed by atoms with Crippen molar-refractivity contribution in [2.45, 2.75) is 0 Å². The third-order valence-corrected chi connectivity index (χ3v) is 2.07. The summed E-state index contributed by atoms with van der Waals surface area (Å²) in [6.07, 6.45) is 0. The first-order valence-electron chi connectivity index (χ1n) is 4.38. The second-order valence-corrected chi connectivity index (χ2v) is 3.14. The Balaban J connectivity index is 2.41. The molecule has 2 aromatic rings. The molecule has 0 aliphatic heterocycles. The Kier molecular flexibility index (Phi) is 2.17. The molecule has 0 saturated carbocycles. The van der Waals surface area contributed by atoms with Crippen LogP contribution in [-0.2, 0) is 0 Å². The Morgan fingerprint density at radius 3 is 2.60 bits per heavy atom. The molecule has 0 aliphatic carbocycles. The number of phenolic OH excluding ortho intramolecular Hbond substituents is 1. The molecule has 0 amide bonds. The zero-order valence-corrected chi connectivity index (χ0v) is 7.77. The van der Waals surface area contributed by atoms with Crippen LogP contribution in [0.25, 0.3) is 11.3 Å². The molecule has 0 radical (unpaired) electrons. The van der Waals surface area contributed by atoms with Crippen LogP contribution in [0.15, 0.2) is 36.4 Å². The van der Waals surface area contributed by atoms with Crippen LogP contribution in [0.2, 0.25) is 0 Å². The van der Waals surface area contributed by atoms with E-state index in [1.54, 1.807) is 30.3 Å². The van der Waals surface area contributed by atoms with Gasteiger partial charge in [-0.05, 0) is 24.3 Å². The topological polar surface area (TPSA) is 73.3 Å². The lowest BCUT2D eigenvalue weighted by molar-refractivity contribution is 0.0691. The van der Waals surface area contributed by atoms with Crippen molar-refractivity contribution in [3.8, 4) is 17.0 Å². The normalized spacial score (nSPS) is 10.1. The molecule has 0 bridgehead atoms. The average Bonchev–Trinajstić information content (AvgIpc) is 2.66. The van der Waals surface area contributed by atoms with Crippen LogP contribution in [0.3, 0.4) is 0 Å². The summed E-state index contributed by atoms with van der Waals surface area (Å²) in [5, 5.41) is 18.0. The minimum absolute atomic E-state index is 0.133. The standard InChI is InChI=1S/C11H9NO3/c13-8-3-1-2-7(6-8)9-4-5-10(12-9)11(14)15/h1-6,12-13H,(H,14,15). The molecule has 15 heavy (non-hydrogen) atoms. The highest BCUT2D eigenvalue weighted by atomic mass is 16.4.